The maximum absolute atomic E-state index is 5.90. The van der Waals surface area contributed by atoms with Gasteiger partial charge in [-0.25, -0.2) is 0 Å². The van der Waals surface area contributed by atoms with Crippen LogP contribution in [0.25, 0.3) is 21.9 Å². The summed E-state index contributed by atoms with van der Waals surface area (Å²) in [5.41, 5.74) is 8.76. The molecule has 2 nitrogen and oxygen atoms in total. The summed E-state index contributed by atoms with van der Waals surface area (Å²) in [4.78, 5) is 0. The zero-order valence-electron chi connectivity index (χ0n) is 9.53. The van der Waals surface area contributed by atoms with Crippen LogP contribution in [0.5, 0.6) is 0 Å². The minimum Gasteiger partial charge on any atom is -0.455 e. The van der Waals surface area contributed by atoms with Crippen molar-refractivity contribution in [1.29, 1.82) is 0 Å². The predicted molar refractivity (Wildman–Crippen MR) is 79.7 cm³/mol. The van der Waals surface area contributed by atoms with E-state index in [2.05, 4.69) is 0 Å². The summed E-state index contributed by atoms with van der Waals surface area (Å²) in [6.07, 6.45) is 0. The Balaban J connectivity index is 2.59. The van der Waals surface area contributed by atoms with Gasteiger partial charge in [-0.1, -0.05) is 29.1 Å². The van der Waals surface area contributed by atoms with E-state index in [9.17, 15) is 0 Å². The summed E-state index contributed by atoms with van der Waals surface area (Å²) in [7, 11) is 23.2. The van der Waals surface area contributed by atoms with E-state index in [1.807, 2.05) is 6.07 Å². The van der Waals surface area contributed by atoms with Crippen molar-refractivity contribution in [1.82, 2.24) is 0 Å². The number of anilines is 1. The Kier molecular flexibility index (Phi) is 2.31. The first-order valence-corrected chi connectivity index (χ1v) is 5.34. The molecule has 1 aromatic heterocycles. The molecule has 0 spiro atoms. The third-order valence-electron chi connectivity index (χ3n) is 3.11. The van der Waals surface area contributed by atoms with Crippen LogP contribution in [-0.2, 0) is 0 Å². The molecule has 0 saturated heterocycles. The minimum absolute atomic E-state index is 0.313. The highest BCUT2D eigenvalue weighted by molar-refractivity contribution is 6.60. The fourth-order valence-corrected chi connectivity index (χ4v) is 2.07. The van der Waals surface area contributed by atoms with E-state index in [0.717, 1.165) is 10.8 Å². The summed E-state index contributed by atoms with van der Waals surface area (Å²) in [6, 6.07) is 5.26. The number of nitrogens with two attached hydrogens (primary N) is 1. The van der Waals surface area contributed by atoms with Crippen molar-refractivity contribution in [3.8, 4) is 0 Å². The third-order valence-corrected chi connectivity index (χ3v) is 3.11. The highest BCUT2D eigenvalue weighted by Crippen LogP contribution is 2.29. The highest BCUT2D eigenvalue weighted by atomic mass is 16.3. The number of hydrogen-bond donors (Lipinski definition) is 1. The van der Waals surface area contributed by atoms with E-state index < -0.39 is 0 Å². The van der Waals surface area contributed by atoms with Gasteiger partial charge in [0.2, 0.25) is 0 Å². The zero-order valence-corrected chi connectivity index (χ0v) is 9.53. The summed E-state index contributed by atoms with van der Waals surface area (Å²) in [5.74, 6) is 0. The average Bonchev–Trinajstić information content (AvgIpc) is 2.71. The Morgan fingerprint density at radius 2 is 1.56 bits per heavy atom. The fourth-order valence-electron chi connectivity index (χ4n) is 2.07. The summed E-state index contributed by atoms with van der Waals surface area (Å²) in [6.45, 7) is 0. The molecule has 0 aliphatic carbocycles. The smallest absolute Gasteiger partial charge is 0.157 e. The lowest BCUT2D eigenvalue weighted by Gasteiger charge is -2.05. The second kappa shape index (κ2) is 3.64. The SMILES string of the molecule is [B]c1cc2c(oc3c(N)c([B])ccc32)c([B])c1[B]. The Bertz CT molecular complexity index is 794. The molecule has 3 aromatic rings. The molecule has 0 aliphatic rings. The van der Waals surface area contributed by atoms with Gasteiger partial charge in [-0.3, -0.25) is 0 Å². The minimum atomic E-state index is 0.313. The topological polar surface area (TPSA) is 39.2 Å². The quantitative estimate of drug-likeness (QED) is 0.365. The second-order valence-corrected chi connectivity index (χ2v) is 4.22. The summed E-state index contributed by atoms with van der Waals surface area (Å²) >= 11 is 0. The second-order valence-electron chi connectivity index (χ2n) is 4.22. The van der Waals surface area contributed by atoms with Crippen LogP contribution in [0.3, 0.4) is 0 Å². The van der Waals surface area contributed by atoms with Gasteiger partial charge >= 0.3 is 0 Å². The normalized spacial score (nSPS) is 11.3. The van der Waals surface area contributed by atoms with Crippen molar-refractivity contribution in [3.05, 3.63) is 18.2 Å². The average molecular weight is 222 g/mol. The number of furan rings is 1. The molecule has 1 heterocycles. The van der Waals surface area contributed by atoms with Crippen LogP contribution >= 0.6 is 0 Å². The lowest BCUT2D eigenvalue weighted by molar-refractivity contribution is 0.673. The molecule has 76 valence electrons. The van der Waals surface area contributed by atoms with Gasteiger partial charge in [0.1, 0.15) is 37.0 Å². The van der Waals surface area contributed by atoms with E-state index >= 15 is 0 Å². The fraction of sp³-hybridized carbons (Fsp3) is 0. The van der Waals surface area contributed by atoms with Gasteiger partial charge in [0.05, 0.1) is 5.69 Å². The molecule has 0 fully saturated rings. The van der Waals surface area contributed by atoms with Crippen LogP contribution in [0.4, 0.5) is 5.69 Å². The van der Waals surface area contributed by atoms with Crippen molar-refractivity contribution >= 4 is 80.9 Å². The lowest BCUT2D eigenvalue weighted by atomic mass is 9.71. The largest absolute Gasteiger partial charge is 0.455 e. The molecular formula is C12H5B4NO. The Morgan fingerprint density at radius 1 is 0.833 bits per heavy atom. The molecule has 2 N–H and O–H groups in total. The molecule has 0 amide bonds. The van der Waals surface area contributed by atoms with E-state index in [1.165, 1.54) is 0 Å². The monoisotopic (exact) mass is 223 g/mol. The van der Waals surface area contributed by atoms with Crippen LogP contribution in [0, 0.1) is 0 Å². The number of fused-ring (bicyclic) bond motifs is 3. The maximum atomic E-state index is 5.90. The molecule has 0 bridgehead atoms. The molecular weight excluding hydrogens is 217 g/mol. The molecule has 2 aromatic carbocycles. The number of rotatable bonds is 0. The van der Waals surface area contributed by atoms with Crippen LogP contribution in [0.2, 0.25) is 0 Å². The predicted octanol–water partition coefficient (Wildman–Crippen LogP) is -1.66. The molecule has 0 atom stereocenters. The number of nitrogen functional groups attached to an aromatic ring is 1. The van der Waals surface area contributed by atoms with Crippen molar-refractivity contribution in [3.63, 3.8) is 0 Å². The molecule has 3 rings (SSSR count). The van der Waals surface area contributed by atoms with E-state index in [1.54, 1.807) is 12.1 Å². The van der Waals surface area contributed by atoms with Gasteiger partial charge in [0, 0.05) is 10.8 Å². The first kappa shape index (κ1) is 11.4. The first-order valence-electron chi connectivity index (χ1n) is 5.34. The standard InChI is InChI=1S/C12H5B4NO/c13-6-2-1-4-5-3-7(14)8(15)9(16)11(5)18-12(4)10(6)17/h1-3H,17H2. The summed E-state index contributed by atoms with van der Waals surface area (Å²) in [5, 5.41) is 1.59. The lowest BCUT2D eigenvalue weighted by Crippen LogP contribution is -2.38. The Labute approximate surface area is 110 Å². The molecule has 18 heavy (non-hydrogen) atoms. The van der Waals surface area contributed by atoms with Crippen molar-refractivity contribution in [2.75, 3.05) is 5.73 Å². The van der Waals surface area contributed by atoms with Gasteiger partial charge in [-0.2, -0.15) is 0 Å². The Morgan fingerprint density at radius 3 is 2.28 bits per heavy atom. The van der Waals surface area contributed by atoms with Crippen LogP contribution in [0.1, 0.15) is 0 Å². The highest BCUT2D eigenvalue weighted by Gasteiger charge is 2.13. The number of hydrogen-bond acceptors (Lipinski definition) is 2. The van der Waals surface area contributed by atoms with Crippen molar-refractivity contribution < 1.29 is 4.42 Å². The Hall–Kier alpha value is -1.70. The van der Waals surface area contributed by atoms with Gasteiger partial charge in [-0.15, -0.1) is 10.9 Å². The maximum Gasteiger partial charge on any atom is 0.157 e. The van der Waals surface area contributed by atoms with E-state index in [4.69, 9.17) is 41.5 Å². The van der Waals surface area contributed by atoms with Crippen molar-refractivity contribution in [2.24, 2.45) is 0 Å². The number of benzene rings is 2. The van der Waals surface area contributed by atoms with Gasteiger partial charge < -0.3 is 10.2 Å². The molecule has 8 radical (unpaired) electrons. The molecule has 0 aliphatic heterocycles. The van der Waals surface area contributed by atoms with E-state index in [0.29, 0.717) is 38.7 Å². The van der Waals surface area contributed by atoms with Crippen molar-refractivity contribution in [2.45, 2.75) is 0 Å². The summed E-state index contributed by atoms with van der Waals surface area (Å²) < 4.78 is 5.67. The third kappa shape index (κ3) is 1.35. The molecule has 0 saturated carbocycles. The molecule has 0 unspecified atom stereocenters. The van der Waals surface area contributed by atoms with E-state index in [-0.39, 0.29) is 0 Å². The van der Waals surface area contributed by atoms with Crippen LogP contribution < -0.4 is 27.6 Å². The molecule has 6 heteroatoms. The van der Waals surface area contributed by atoms with Gasteiger partial charge in [0.25, 0.3) is 0 Å². The van der Waals surface area contributed by atoms with Gasteiger partial charge in [-0.05, 0) is 0 Å². The zero-order chi connectivity index (χ0) is 13.0. The van der Waals surface area contributed by atoms with Crippen LogP contribution in [0.15, 0.2) is 22.6 Å². The first-order chi connectivity index (χ1) is 8.50. The van der Waals surface area contributed by atoms with Gasteiger partial charge in [0.15, 0.2) is 5.58 Å². The van der Waals surface area contributed by atoms with Crippen LogP contribution in [-0.4, -0.2) is 31.4 Å².